The summed E-state index contributed by atoms with van der Waals surface area (Å²) >= 11 is 3.44. The molecule has 1 heterocycles. The predicted octanol–water partition coefficient (Wildman–Crippen LogP) is 3.54. The van der Waals surface area contributed by atoms with Gasteiger partial charge in [0.1, 0.15) is 5.82 Å². The monoisotopic (exact) mass is 345 g/mol. The summed E-state index contributed by atoms with van der Waals surface area (Å²) in [5, 5.41) is 15.2. The fraction of sp³-hybridized carbons (Fsp3) is 0.267. The molecule has 0 fully saturated rings. The molecule has 0 amide bonds. The second-order valence-corrected chi connectivity index (χ2v) is 5.33. The molecule has 0 bridgehead atoms. The molecule has 21 heavy (non-hydrogen) atoms. The van der Waals surface area contributed by atoms with Crippen molar-refractivity contribution in [1.82, 2.24) is 9.97 Å². The van der Waals surface area contributed by atoms with Gasteiger partial charge < -0.3 is 10.6 Å². The van der Waals surface area contributed by atoms with Gasteiger partial charge in [0.05, 0.1) is 16.1 Å². The van der Waals surface area contributed by atoms with Crippen LogP contribution in [0.5, 0.6) is 0 Å². The first-order chi connectivity index (χ1) is 10.2. The van der Waals surface area contributed by atoms with Crippen LogP contribution in [0.25, 0.3) is 0 Å². The molecule has 2 rings (SSSR count). The summed E-state index contributed by atoms with van der Waals surface area (Å²) in [7, 11) is 0. The first kappa shape index (κ1) is 15.3. The molecule has 0 radical (unpaired) electrons. The zero-order valence-electron chi connectivity index (χ0n) is 11.7. The van der Waals surface area contributed by atoms with Crippen molar-refractivity contribution in [3.8, 4) is 6.07 Å². The lowest BCUT2D eigenvalue weighted by atomic mass is 10.1. The van der Waals surface area contributed by atoms with E-state index in [1.54, 1.807) is 18.3 Å². The van der Waals surface area contributed by atoms with Crippen LogP contribution in [0.3, 0.4) is 0 Å². The summed E-state index contributed by atoms with van der Waals surface area (Å²) in [5.41, 5.74) is 1.75. The largest absolute Gasteiger partial charge is 0.365 e. The van der Waals surface area contributed by atoms with Crippen LogP contribution in [0.2, 0.25) is 0 Å². The van der Waals surface area contributed by atoms with E-state index in [1.165, 1.54) is 0 Å². The van der Waals surface area contributed by atoms with Crippen molar-refractivity contribution in [3.05, 3.63) is 46.1 Å². The third kappa shape index (κ3) is 4.43. The van der Waals surface area contributed by atoms with Gasteiger partial charge in [-0.2, -0.15) is 10.2 Å². The van der Waals surface area contributed by atoms with Gasteiger partial charge in [-0.05, 0) is 40.0 Å². The molecular weight excluding hydrogens is 330 g/mol. The van der Waals surface area contributed by atoms with E-state index in [9.17, 15) is 0 Å². The van der Waals surface area contributed by atoms with E-state index in [0.29, 0.717) is 18.1 Å². The topological polar surface area (TPSA) is 73.6 Å². The van der Waals surface area contributed by atoms with Crippen molar-refractivity contribution >= 4 is 27.7 Å². The molecule has 0 aliphatic rings. The predicted molar refractivity (Wildman–Crippen MR) is 87.0 cm³/mol. The molecule has 0 saturated heterocycles. The van der Waals surface area contributed by atoms with Crippen LogP contribution in [0.15, 0.2) is 34.9 Å². The van der Waals surface area contributed by atoms with E-state index in [4.69, 9.17) is 5.26 Å². The molecule has 2 aromatic rings. The van der Waals surface area contributed by atoms with Crippen molar-refractivity contribution in [1.29, 1.82) is 5.26 Å². The molecule has 5 nitrogen and oxygen atoms in total. The number of halogens is 1. The van der Waals surface area contributed by atoms with Crippen LogP contribution in [-0.2, 0) is 6.54 Å². The maximum Gasteiger partial charge on any atom is 0.224 e. The van der Waals surface area contributed by atoms with E-state index in [0.717, 1.165) is 28.8 Å². The number of nitrogens with zero attached hydrogens (tertiary/aromatic N) is 3. The zero-order chi connectivity index (χ0) is 15.1. The molecule has 0 aliphatic carbocycles. The Balaban J connectivity index is 2.02. The minimum absolute atomic E-state index is 0.613. The number of rotatable bonds is 6. The lowest BCUT2D eigenvalue weighted by molar-refractivity contribution is 0.948. The fourth-order valence-electron chi connectivity index (χ4n) is 1.70. The summed E-state index contributed by atoms with van der Waals surface area (Å²) in [6.07, 6.45) is 2.75. The van der Waals surface area contributed by atoms with E-state index < -0.39 is 0 Å². The molecule has 6 heteroatoms. The molecule has 0 aliphatic heterocycles. The zero-order valence-corrected chi connectivity index (χ0v) is 13.3. The van der Waals surface area contributed by atoms with Crippen LogP contribution in [0, 0.1) is 11.3 Å². The third-order valence-electron chi connectivity index (χ3n) is 2.82. The highest BCUT2D eigenvalue weighted by Gasteiger charge is 2.04. The molecule has 108 valence electrons. The molecule has 1 aromatic heterocycles. The normalized spacial score (nSPS) is 9.95. The molecule has 2 N–H and O–H groups in total. The maximum absolute atomic E-state index is 8.78. The Morgan fingerprint density at radius 1 is 1.24 bits per heavy atom. The molecule has 1 aromatic carbocycles. The SMILES string of the molecule is CCCNc1ncc(Br)c(NCc2ccc(C#N)cc2)n1. The smallest absolute Gasteiger partial charge is 0.224 e. The number of benzene rings is 1. The summed E-state index contributed by atoms with van der Waals surface area (Å²) in [4.78, 5) is 8.64. The average molecular weight is 346 g/mol. The van der Waals surface area contributed by atoms with Gasteiger partial charge in [0, 0.05) is 19.3 Å². The highest BCUT2D eigenvalue weighted by atomic mass is 79.9. The van der Waals surface area contributed by atoms with Gasteiger partial charge in [-0.15, -0.1) is 0 Å². The van der Waals surface area contributed by atoms with Crippen molar-refractivity contribution in [2.24, 2.45) is 0 Å². The van der Waals surface area contributed by atoms with Gasteiger partial charge in [-0.1, -0.05) is 19.1 Å². The molecule has 0 saturated carbocycles. The van der Waals surface area contributed by atoms with Crippen molar-refractivity contribution < 1.29 is 0 Å². The van der Waals surface area contributed by atoms with Crippen LogP contribution >= 0.6 is 15.9 Å². The highest BCUT2D eigenvalue weighted by molar-refractivity contribution is 9.10. The third-order valence-corrected chi connectivity index (χ3v) is 3.40. The van der Waals surface area contributed by atoms with Crippen LogP contribution < -0.4 is 10.6 Å². The van der Waals surface area contributed by atoms with E-state index in [2.05, 4.69) is 49.5 Å². The quantitative estimate of drug-likeness (QED) is 0.837. The number of nitriles is 1. The summed E-state index contributed by atoms with van der Waals surface area (Å²) in [6.45, 7) is 3.57. The van der Waals surface area contributed by atoms with Gasteiger partial charge in [-0.3, -0.25) is 0 Å². The van der Waals surface area contributed by atoms with E-state index in [1.807, 2.05) is 12.1 Å². The maximum atomic E-state index is 8.78. The lowest BCUT2D eigenvalue weighted by Gasteiger charge is -2.10. The Morgan fingerprint density at radius 3 is 2.67 bits per heavy atom. The van der Waals surface area contributed by atoms with Gasteiger partial charge in [0.15, 0.2) is 0 Å². The molecule has 0 atom stereocenters. The first-order valence-electron chi connectivity index (χ1n) is 6.72. The Hall–Kier alpha value is -2.13. The van der Waals surface area contributed by atoms with E-state index in [-0.39, 0.29) is 0 Å². The van der Waals surface area contributed by atoms with Crippen molar-refractivity contribution in [3.63, 3.8) is 0 Å². The second-order valence-electron chi connectivity index (χ2n) is 4.48. The Kier molecular flexibility index (Phi) is 5.52. The minimum Gasteiger partial charge on any atom is -0.365 e. The number of anilines is 2. The number of hydrogen-bond donors (Lipinski definition) is 2. The molecular formula is C15H16BrN5. The number of nitrogens with one attached hydrogen (secondary N) is 2. The van der Waals surface area contributed by atoms with Gasteiger partial charge in [-0.25, -0.2) is 4.98 Å². The standard InChI is InChI=1S/C15H16BrN5/c1-2-7-18-15-20-10-13(16)14(21-15)19-9-12-5-3-11(8-17)4-6-12/h3-6,10H,2,7,9H2,1H3,(H2,18,19,20,21). The van der Waals surface area contributed by atoms with Crippen molar-refractivity contribution in [2.45, 2.75) is 19.9 Å². The Bertz CT molecular complexity index is 634. The van der Waals surface area contributed by atoms with Gasteiger partial charge in [0.2, 0.25) is 5.95 Å². The Morgan fingerprint density at radius 2 is 2.00 bits per heavy atom. The molecule has 0 spiro atoms. The van der Waals surface area contributed by atoms with Crippen LogP contribution in [0.4, 0.5) is 11.8 Å². The number of aromatic nitrogens is 2. The number of hydrogen-bond acceptors (Lipinski definition) is 5. The van der Waals surface area contributed by atoms with Crippen LogP contribution in [0.1, 0.15) is 24.5 Å². The second kappa shape index (κ2) is 7.60. The first-order valence-corrected chi connectivity index (χ1v) is 7.51. The minimum atomic E-state index is 0.613. The van der Waals surface area contributed by atoms with Crippen LogP contribution in [-0.4, -0.2) is 16.5 Å². The summed E-state index contributed by atoms with van der Waals surface area (Å²) in [5.74, 6) is 1.36. The Labute approximate surface area is 132 Å². The van der Waals surface area contributed by atoms with Gasteiger partial charge >= 0.3 is 0 Å². The highest BCUT2D eigenvalue weighted by Crippen LogP contribution is 2.20. The van der Waals surface area contributed by atoms with Gasteiger partial charge in [0.25, 0.3) is 0 Å². The fourth-order valence-corrected chi connectivity index (χ4v) is 2.03. The summed E-state index contributed by atoms with van der Waals surface area (Å²) in [6, 6.07) is 9.57. The lowest BCUT2D eigenvalue weighted by Crippen LogP contribution is -2.08. The average Bonchev–Trinajstić information content (AvgIpc) is 2.53. The summed E-state index contributed by atoms with van der Waals surface area (Å²) < 4.78 is 0.818. The van der Waals surface area contributed by atoms with E-state index >= 15 is 0 Å². The molecule has 0 unspecified atom stereocenters. The van der Waals surface area contributed by atoms with Crippen molar-refractivity contribution in [2.75, 3.05) is 17.2 Å².